The third-order valence-electron chi connectivity index (χ3n) is 4.99. The van der Waals surface area contributed by atoms with Crippen LogP contribution in [0.15, 0.2) is 63.8 Å². The molecular formula is C23H22O2. The van der Waals surface area contributed by atoms with Crippen molar-refractivity contribution in [2.24, 2.45) is 0 Å². The maximum absolute atomic E-state index is 12.6. The van der Waals surface area contributed by atoms with Crippen molar-refractivity contribution in [1.29, 1.82) is 0 Å². The van der Waals surface area contributed by atoms with E-state index in [9.17, 15) is 4.79 Å². The van der Waals surface area contributed by atoms with Crippen molar-refractivity contribution in [3.63, 3.8) is 0 Å². The Labute approximate surface area is 148 Å². The first kappa shape index (κ1) is 15.9. The number of aryl methyl sites for hydroxylation is 1. The average molecular weight is 330 g/mol. The summed E-state index contributed by atoms with van der Waals surface area (Å²) in [7, 11) is 0. The van der Waals surface area contributed by atoms with Gasteiger partial charge in [0.2, 0.25) is 0 Å². The van der Waals surface area contributed by atoms with Gasteiger partial charge in [-0.1, -0.05) is 69.3 Å². The quantitative estimate of drug-likeness (QED) is 0.600. The smallest absolute Gasteiger partial charge is 0.189 e. The van der Waals surface area contributed by atoms with Crippen molar-refractivity contribution in [3.05, 3.63) is 81.5 Å². The van der Waals surface area contributed by atoms with Gasteiger partial charge < -0.3 is 4.42 Å². The minimum absolute atomic E-state index is 0.0747. The molecule has 2 nitrogen and oxygen atoms in total. The van der Waals surface area contributed by atoms with E-state index < -0.39 is 0 Å². The molecule has 1 aliphatic carbocycles. The molecule has 0 fully saturated rings. The molecular weight excluding hydrogens is 308 g/mol. The van der Waals surface area contributed by atoms with Crippen LogP contribution in [-0.4, -0.2) is 0 Å². The van der Waals surface area contributed by atoms with Crippen molar-refractivity contribution >= 4 is 0 Å². The molecule has 1 aromatic heterocycles. The van der Waals surface area contributed by atoms with E-state index in [1.165, 1.54) is 11.1 Å². The van der Waals surface area contributed by atoms with Crippen LogP contribution in [0, 0.1) is 0 Å². The van der Waals surface area contributed by atoms with Crippen molar-refractivity contribution in [1.82, 2.24) is 0 Å². The fraction of sp³-hybridized carbons (Fsp3) is 0.261. The minimum atomic E-state index is 0.0747. The van der Waals surface area contributed by atoms with Crippen LogP contribution in [0.5, 0.6) is 0 Å². The van der Waals surface area contributed by atoms with Gasteiger partial charge in [0.25, 0.3) is 0 Å². The average Bonchev–Trinajstić information content (AvgIpc) is 2.61. The molecule has 1 heterocycles. The van der Waals surface area contributed by atoms with E-state index in [2.05, 4.69) is 39.0 Å². The van der Waals surface area contributed by atoms with Crippen LogP contribution in [0.25, 0.3) is 22.6 Å². The Balaban J connectivity index is 1.84. The van der Waals surface area contributed by atoms with E-state index in [4.69, 9.17) is 4.42 Å². The van der Waals surface area contributed by atoms with E-state index in [1.807, 2.05) is 30.3 Å². The molecule has 126 valence electrons. The lowest BCUT2D eigenvalue weighted by molar-refractivity contribution is 0.565. The summed E-state index contributed by atoms with van der Waals surface area (Å²) in [5.41, 5.74) is 5.48. The van der Waals surface area contributed by atoms with Gasteiger partial charge in [-0.3, -0.25) is 4.79 Å². The monoisotopic (exact) mass is 330 g/mol. The molecule has 0 bridgehead atoms. The molecule has 1 aliphatic rings. The molecule has 0 atom stereocenters. The number of rotatable bonds is 1. The Hall–Kier alpha value is -2.61. The van der Waals surface area contributed by atoms with E-state index in [1.54, 1.807) is 6.07 Å². The SMILES string of the molecule is CC(C)(C)c1ccc(-c2cc(=O)c3c(o2)-c2ccccc2CC3)cc1. The Morgan fingerprint density at radius 3 is 2.36 bits per heavy atom. The second-order valence-electron chi connectivity index (χ2n) is 7.77. The maximum atomic E-state index is 12.6. The predicted octanol–water partition coefficient (Wildman–Crippen LogP) is 5.37. The van der Waals surface area contributed by atoms with Crippen LogP contribution >= 0.6 is 0 Å². The number of hydrogen-bond donors (Lipinski definition) is 0. The van der Waals surface area contributed by atoms with E-state index in [-0.39, 0.29) is 10.8 Å². The molecule has 0 spiro atoms. The van der Waals surface area contributed by atoms with Gasteiger partial charge in [-0.05, 0) is 29.4 Å². The van der Waals surface area contributed by atoms with E-state index in [0.29, 0.717) is 5.76 Å². The molecule has 0 amide bonds. The molecule has 0 radical (unpaired) electrons. The highest BCUT2D eigenvalue weighted by Crippen LogP contribution is 2.34. The van der Waals surface area contributed by atoms with Gasteiger partial charge in [-0.25, -0.2) is 0 Å². The Morgan fingerprint density at radius 2 is 1.64 bits per heavy atom. The van der Waals surface area contributed by atoms with Crippen LogP contribution < -0.4 is 5.43 Å². The summed E-state index contributed by atoms with van der Waals surface area (Å²) in [6, 6.07) is 18.1. The van der Waals surface area contributed by atoms with Gasteiger partial charge in [-0.2, -0.15) is 0 Å². The van der Waals surface area contributed by atoms with Crippen molar-refractivity contribution in [2.45, 2.75) is 39.0 Å². The standard InChI is InChI=1S/C23H22O2/c1-23(2,3)17-11-8-16(9-12-17)21-14-20(24)19-13-10-15-6-4-5-7-18(15)22(19)25-21/h4-9,11-12,14H,10,13H2,1-3H3. The minimum Gasteiger partial charge on any atom is -0.456 e. The number of fused-ring (bicyclic) bond motifs is 3. The van der Waals surface area contributed by atoms with E-state index >= 15 is 0 Å². The topological polar surface area (TPSA) is 30.2 Å². The van der Waals surface area contributed by atoms with Gasteiger partial charge in [0.1, 0.15) is 11.5 Å². The van der Waals surface area contributed by atoms with Crippen molar-refractivity contribution < 1.29 is 4.42 Å². The Morgan fingerprint density at radius 1 is 0.920 bits per heavy atom. The first-order valence-electron chi connectivity index (χ1n) is 8.80. The van der Waals surface area contributed by atoms with Gasteiger partial charge in [0.05, 0.1) is 0 Å². The van der Waals surface area contributed by atoms with Crippen LogP contribution in [0.1, 0.15) is 37.5 Å². The fourth-order valence-corrected chi connectivity index (χ4v) is 3.47. The van der Waals surface area contributed by atoms with Crippen molar-refractivity contribution in [3.8, 4) is 22.6 Å². The van der Waals surface area contributed by atoms with Gasteiger partial charge in [0.15, 0.2) is 5.43 Å². The zero-order chi connectivity index (χ0) is 17.6. The number of benzene rings is 2. The molecule has 25 heavy (non-hydrogen) atoms. The summed E-state index contributed by atoms with van der Waals surface area (Å²) in [6.45, 7) is 6.58. The van der Waals surface area contributed by atoms with Crippen LogP contribution in [0.2, 0.25) is 0 Å². The molecule has 0 saturated carbocycles. The van der Waals surface area contributed by atoms with Crippen molar-refractivity contribution in [2.75, 3.05) is 0 Å². The lowest BCUT2D eigenvalue weighted by Crippen LogP contribution is -2.15. The highest BCUT2D eigenvalue weighted by Gasteiger charge is 2.22. The van der Waals surface area contributed by atoms with Gasteiger partial charge >= 0.3 is 0 Å². The largest absolute Gasteiger partial charge is 0.456 e. The zero-order valence-electron chi connectivity index (χ0n) is 14.9. The molecule has 2 heteroatoms. The molecule has 4 rings (SSSR count). The van der Waals surface area contributed by atoms with Gasteiger partial charge in [0, 0.05) is 22.8 Å². The normalized spacial score (nSPS) is 13.2. The van der Waals surface area contributed by atoms with Crippen LogP contribution in [-0.2, 0) is 18.3 Å². The summed E-state index contributed by atoms with van der Waals surface area (Å²) in [6.07, 6.45) is 1.64. The summed E-state index contributed by atoms with van der Waals surface area (Å²) >= 11 is 0. The van der Waals surface area contributed by atoms with Crippen LogP contribution in [0.3, 0.4) is 0 Å². The summed E-state index contributed by atoms with van der Waals surface area (Å²) in [4.78, 5) is 12.6. The zero-order valence-corrected chi connectivity index (χ0v) is 14.9. The Bertz CT molecular complexity index is 986. The Kier molecular flexibility index (Phi) is 3.64. The highest BCUT2D eigenvalue weighted by atomic mass is 16.3. The van der Waals surface area contributed by atoms with E-state index in [0.717, 1.165) is 35.3 Å². The fourth-order valence-electron chi connectivity index (χ4n) is 3.47. The third kappa shape index (κ3) is 2.82. The summed E-state index contributed by atoms with van der Waals surface area (Å²) in [5.74, 6) is 1.38. The lowest BCUT2D eigenvalue weighted by atomic mass is 9.86. The first-order valence-corrected chi connectivity index (χ1v) is 8.80. The summed E-state index contributed by atoms with van der Waals surface area (Å²) < 4.78 is 6.22. The second kappa shape index (κ2) is 5.73. The first-order chi connectivity index (χ1) is 11.9. The molecule has 0 aliphatic heterocycles. The highest BCUT2D eigenvalue weighted by molar-refractivity contribution is 5.70. The number of hydrogen-bond acceptors (Lipinski definition) is 2. The molecule has 3 aromatic rings. The maximum Gasteiger partial charge on any atom is 0.189 e. The second-order valence-corrected chi connectivity index (χ2v) is 7.77. The predicted molar refractivity (Wildman–Crippen MR) is 102 cm³/mol. The van der Waals surface area contributed by atoms with Crippen LogP contribution in [0.4, 0.5) is 0 Å². The lowest BCUT2D eigenvalue weighted by Gasteiger charge is -2.20. The summed E-state index contributed by atoms with van der Waals surface area (Å²) in [5, 5.41) is 0. The molecule has 2 aromatic carbocycles. The van der Waals surface area contributed by atoms with Gasteiger partial charge in [-0.15, -0.1) is 0 Å². The molecule has 0 saturated heterocycles. The molecule has 0 N–H and O–H groups in total. The molecule has 0 unspecified atom stereocenters. The third-order valence-corrected chi connectivity index (χ3v) is 4.99.